The second-order valence-electron chi connectivity index (χ2n) is 9.07. The number of aromatic nitrogens is 1. The zero-order chi connectivity index (χ0) is 25.4. The van der Waals surface area contributed by atoms with E-state index >= 15 is 0 Å². The summed E-state index contributed by atoms with van der Waals surface area (Å²) in [6.45, 7) is 1.22. The molecule has 0 spiro atoms. The number of rotatable bonds is 4. The van der Waals surface area contributed by atoms with Crippen molar-refractivity contribution < 1.29 is 18.4 Å². The second kappa shape index (κ2) is 9.81. The minimum absolute atomic E-state index is 0.0403. The quantitative estimate of drug-likeness (QED) is 0.489. The normalized spacial score (nSPS) is 19.0. The van der Waals surface area contributed by atoms with E-state index in [1.807, 2.05) is 6.07 Å². The summed E-state index contributed by atoms with van der Waals surface area (Å²) < 4.78 is 31.2. The van der Waals surface area contributed by atoms with Crippen LogP contribution >= 0.6 is 15.9 Å². The van der Waals surface area contributed by atoms with Crippen molar-refractivity contribution in [2.24, 2.45) is 5.92 Å². The van der Waals surface area contributed by atoms with Gasteiger partial charge in [0.15, 0.2) is 0 Å². The maximum absolute atomic E-state index is 14.6. The molecule has 3 aromatic rings. The summed E-state index contributed by atoms with van der Waals surface area (Å²) in [6.07, 6.45) is 2.11. The summed E-state index contributed by atoms with van der Waals surface area (Å²) in [5.74, 6) is -2.59. The van der Waals surface area contributed by atoms with Gasteiger partial charge < -0.3 is 14.8 Å². The van der Waals surface area contributed by atoms with E-state index in [4.69, 9.17) is 0 Å². The third kappa shape index (κ3) is 4.75. The lowest BCUT2D eigenvalue weighted by Crippen LogP contribution is -2.50. The first-order chi connectivity index (χ1) is 17.3. The van der Waals surface area contributed by atoms with Crippen molar-refractivity contribution in [1.82, 2.24) is 14.8 Å². The van der Waals surface area contributed by atoms with Crippen LogP contribution in [0.1, 0.15) is 34.0 Å². The maximum atomic E-state index is 14.6. The predicted molar refractivity (Wildman–Crippen MR) is 134 cm³/mol. The number of nitrogens with zero attached hydrogens (tertiary/aromatic N) is 2. The molecule has 0 aliphatic carbocycles. The number of nitrogens with one attached hydrogen (secondary N) is 1. The van der Waals surface area contributed by atoms with Gasteiger partial charge in [0.1, 0.15) is 17.3 Å². The Kier molecular flexibility index (Phi) is 6.57. The molecule has 2 bridgehead atoms. The minimum atomic E-state index is -0.808. The van der Waals surface area contributed by atoms with Crippen molar-refractivity contribution in [3.63, 3.8) is 0 Å². The van der Waals surface area contributed by atoms with Crippen molar-refractivity contribution in [2.75, 3.05) is 13.1 Å². The molecule has 2 unspecified atom stereocenters. The molecule has 1 N–H and O–H groups in total. The molecule has 9 heteroatoms. The number of fused-ring (bicyclic) bond motifs is 4. The number of carbonyl (C=O) groups is 2. The third-order valence-corrected chi connectivity index (χ3v) is 7.12. The van der Waals surface area contributed by atoms with E-state index < -0.39 is 23.4 Å². The molecule has 1 saturated heterocycles. The van der Waals surface area contributed by atoms with Gasteiger partial charge in [-0.05, 0) is 54.8 Å². The van der Waals surface area contributed by atoms with E-state index in [-0.39, 0.29) is 34.2 Å². The first kappa shape index (κ1) is 24.1. The fourth-order valence-electron chi connectivity index (χ4n) is 5.00. The average molecular weight is 554 g/mol. The molecule has 1 aromatic heterocycles. The van der Waals surface area contributed by atoms with Crippen LogP contribution in [-0.2, 0) is 11.3 Å². The van der Waals surface area contributed by atoms with Crippen LogP contribution in [0.3, 0.4) is 0 Å². The van der Waals surface area contributed by atoms with Gasteiger partial charge in [0.05, 0.1) is 5.56 Å². The maximum Gasteiger partial charge on any atom is 0.270 e. The Hall–Kier alpha value is -3.59. The Morgan fingerprint density at radius 3 is 2.58 bits per heavy atom. The van der Waals surface area contributed by atoms with Crippen LogP contribution in [0.15, 0.2) is 75.6 Å². The molecule has 6 nitrogen and oxygen atoms in total. The van der Waals surface area contributed by atoms with Gasteiger partial charge in [-0.3, -0.25) is 14.4 Å². The Balaban J connectivity index is 1.48. The minimum Gasteiger partial charge on any atom is -0.336 e. The molecule has 0 radical (unpaired) electrons. The summed E-state index contributed by atoms with van der Waals surface area (Å²) in [5.41, 5.74) is 0.510. The zero-order valence-corrected chi connectivity index (χ0v) is 20.7. The largest absolute Gasteiger partial charge is 0.336 e. The number of halogens is 3. The molecule has 1 fully saturated rings. The highest BCUT2D eigenvalue weighted by atomic mass is 79.9. The number of amides is 2. The first-order valence-corrected chi connectivity index (χ1v) is 12.3. The van der Waals surface area contributed by atoms with E-state index in [1.54, 1.807) is 15.5 Å². The van der Waals surface area contributed by atoms with Crippen LogP contribution in [0.2, 0.25) is 0 Å². The summed E-state index contributed by atoms with van der Waals surface area (Å²) >= 11 is 3.29. The van der Waals surface area contributed by atoms with Gasteiger partial charge >= 0.3 is 0 Å². The highest BCUT2D eigenvalue weighted by Crippen LogP contribution is 2.35. The van der Waals surface area contributed by atoms with Crippen LogP contribution in [0.5, 0.6) is 0 Å². The van der Waals surface area contributed by atoms with E-state index in [0.29, 0.717) is 24.1 Å². The van der Waals surface area contributed by atoms with Gasteiger partial charge in [0, 0.05) is 47.3 Å². The lowest BCUT2D eigenvalue weighted by atomic mass is 9.83. The standard InChI is InChI=1S/C27H22BrF2N3O3/c28-19-8-9-21(29)17(11-19)12-23(31-26(35)20-4-1-2-5-22(20)30)27(36)32-13-16-10-18(15-32)24-6-3-7-25(34)33(24)14-16/h1-9,11-12,16,18H,10,13-15H2,(H,31,35)/b23-12-. The highest BCUT2D eigenvalue weighted by Gasteiger charge is 2.37. The number of benzene rings is 2. The van der Waals surface area contributed by atoms with Crippen LogP contribution < -0.4 is 10.9 Å². The average Bonchev–Trinajstić information content (AvgIpc) is 2.86. The summed E-state index contributed by atoms with van der Waals surface area (Å²) in [6, 6.07) is 14.8. The number of likely N-dealkylation sites (tertiary alicyclic amines) is 1. The number of hydrogen-bond donors (Lipinski definition) is 1. The van der Waals surface area contributed by atoms with Crippen molar-refractivity contribution in [1.29, 1.82) is 0 Å². The van der Waals surface area contributed by atoms with Gasteiger partial charge in [-0.25, -0.2) is 8.78 Å². The number of piperidine rings is 1. The molecule has 36 heavy (non-hydrogen) atoms. The molecule has 0 saturated carbocycles. The Morgan fingerprint density at radius 2 is 1.78 bits per heavy atom. The highest BCUT2D eigenvalue weighted by molar-refractivity contribution is 9.10. The Labute approximate surface area is 214 Å². The first-order valence-electron chi connectivity index (χ1n) is 11.5. The monoisotopic (exact) mass is 553 g/mol. The molecule has 2 aliphatic heterocycles. The third-order valence-electron chi connectivity index (χ3n) is 6.62. The molecule has 2 amide bonds. The molecule has 5 rings (SSSR count). The molecule has 184 valence electrons. The van der Waals surface area contributed by atoms with Gasteiger partial charge in [-0.15, -0.1) is 0 Å². The van der Waals surface area contributed by atoms with Crippen LogP contribution in [-0.4, -0.2) is 34.4 Å². The number of hydrogen-bond acceptors (Lipinski definition) is 3. The summed E-state index contributed by atoms with van der Waals surface area (Å²) in [5, 5.41) is 2.51. The van der Waals surface area contributed by atoms with Crippen molar-refractivity contribution in [2.45, 2.75) is 18.9 Å². The lowest BCUT2D eigenvalue weighted by Gasteiger charge is -2.43. The summed E-state index contributed by atoms with van der Waals surface area (Å²) in [7, 11) is 0. The fraction of sp³-hybridized carbons (Fsp3) is 0.222. The van der Waals surface area contributed by atoms with Crippen molar-refractivity contribution in [3.05, 3.63) is 110 Å². The SMILES string of the molecule is O=C(N/C(=C\c1cc(Br)ccc1F)C(=O)N1CC2CC(C1)c1cccc(=O)n1C2)c1ccccc1F. The smallest absolute Gasteiger partial charge is 0.270 e. The van der Waals surface area contributed by atoms with E-state index in [1.165, 1.54) is 48.5 Å². The van der Waals surface area contributed by atoms with Crippen molar-refractivity contribution >= 4 is 33.8 Å². The van der Waals surface area contributed by atoms with Crippen LogP contribution in [0, 0.1) is 17.6 Å². The summed E-state index contributed by atoms with van der Waals surface area (Å²) in [4.78, 5) is 40.5. The Bertz CT molecular complexity index is 1450. The molecular formula is C27H22BrF2N3O3. The van der Waals surface area contributed by atoms with Gasteiger partial charge in [0.2, 0.25) is 0 Å². The zero-order valence-electron chi connectivity index (χ0n) is 19.1. The van der Waals surface area contributed by atoms with E-state index in [9.17, 15) is 23.2 Å². The molecule has 2 atom stereocenters. The lowest BCUT2D eigenvalue weighted by molar-refractivity contribution is -0.130. The van der Waals surface area contributed by atoms with Crippen molar-refractivity contribution in [3.8, 4) is 0 Å². The van der Waals surface area contributed by atoms with Gasteiger partial charge in [0.25, 0.3) is 17.4 Å². The second-order valence-corrected chi connectivity index (χ2v) is 9.98. The predicted octanol–water partition coefficient (Wildman–Crippen LogP) is 4.31. The van der Waals surface area contributed by atoms with Gasteiger partial charge in [-0.1, -0.05) is 34.1 Å². The van der Waals surface area contributed by atoms with Crippen LogP contribution in [0.25, 0.3) is 6.08 Å². The molecule has 2 aromatic carbocycles. The fourth-order valence-corrected chi connectivity index (χ4v) is 5.38. The van der Waals surface area contributed by atoms with Crippen LogP contribution in [0.4, 0.5) is 8.78 Å². The van der Waals surface area contributed by atoms with E-state index in [0.717, 1.165) is 18.2 Å². The Morgan fingerprint density at radius 1 is 0.972 bits per heavy atom. The molecule has 3 heterocycles. The molecular weight excluding hydrogens is 532 g/mol. The topological polar surface area (TPSA) is 71.4 Å². The van der Waals surface area contributed by atoms with Gasteiger partial charge in [-0.2, -0.15) is 0 Å². The van der Waals surface area contributed by atoms with E-state index in [2.05, 4.69) is 21.2 Å². The molecule has 2 aliphatic rings. The number of carbonyl (C=O) groups excluding carboxylic acids is 2. The number of pyridine rings is 1.